The third kappa shape index (κ3) is 2.57. The molecule has 0 aliphatic rings. The van der Waals surface area contributed by atoms with Crippen molar-refractivity contribution in [3.8, 4) is 6.07 Å². The van der Waals surface area contributed by atoms with Crippen molar-refractivity contribution in [2.75, 3.05) is 0 Å². The van der Waals surface area contributed by atoms with Crippen molar-refractivity contribution in [2.24, 2.45) is 0 Å². The van der Waals surface area contributed by atoms with E-state index in [9.17, 15) is 13.2 Å². The second-order valence-electron chi connectivity index (χ2n) is 1.69. The van der Waals surface area contributed by atoms with Crippen LogP contribution in [0.5, 0.6) is 0 Å². The summed E-state index contributed by atoms with van der Waals surface area (Å²) in [5, 5.41) is 24.1. The fourth-order valence-corrected chi connectivity index (χ4v) is 0.248. The molecule has 0 radical (unpaired) electrons. The summed E-state index contributed by atoms with van der Waals surface area (Å²) in [6.07, 6.45) is -4.89. The first-order valence-corrected chi connectivity index (χ1v) is 2.40. The zero-order valence-electron chi connectivity index (χ0n) is 5.13. The van der Waals surface area contributed by atoms with E-state index in [4.69, 9.17) is 15.5 Å². The predicted molar refractivity (Wildman–Crippen MR) is 28.0 cm³/mol. The van der Waals surface area contributed by atoms with Gasteiger partial charge in [-0.3, -0.25) is 0 Å². The molecule has 0 saturated carbocycles. The van der Waals surface area contributed by atoms with Crippen LogP contribution in [0.2, 0.25) is 0 Å². The molecule has 0 fully saturated rings. The molecule has 0 rings (SSSR count). The average Bonchev–Trinajstić information content (AvgIpc) is 1.81. The van der Waals surface area contributed by atoms with Gasteiger partial charge in [-0.1, -0.05) is 0 Å². The first kappa shape index (κ1) is 9.94. The minimum absolute atomic E-state index is 0.0486. The number of halogens is 3. The van der Waals surface area contributed by atoms with Gasteiger partial charge in [0.05, 0.1) is 6.07 Å². The zero-order chi connectivity index (χ0) is 9.12. The number of rotatable bonds is 1. The van der Waals surface area contributed by atoms with Gasteiger partial charge in [-0.2, -0.15) is 18.4 Å². The number of nitriles is 1. The van der Waals surface area contributed by atoms with Gasteiger partial charge >= 0.3 is 6.18 Å². The number of nitrogens with zero attached hydrogens (tertiary/aromatic N) is 1. The maximum Gasteiger partial charge on any atom is 0.447 e. The van der Waals surface area contributed by atoms with E-state index in [1.54, 1.807) is 0 Å². The highest BCUT2D eigenvalue weighted by Gasteiger charge is 2.50. The minimum atomic E-state index is -5.18. The summed E-state index contributed by atoms with van der Waals surface area (Å²) in [6.45, 7) is 0. The maximum absolute atomic E-state index is 11.5. The molecule has 0 amide bonds. The Kier molecular flexibility index (Phi) is 2.62. The van der Waals surface area contributed by atoms with E-state index in [-0.39, 0.29) is 6.08 Å². The van der Waals surface area contributed by atoms with Crippen LogP contribution in [-0.4, -0.2) is 22.2 Å². The van der Waals surface area contributed by atoms with E-state index in [2.05, 4.69) is 0 Å². The lowest BCUT2D eigenvalue weighted by Crippen LogP contribution is -2.42. The lowest BCUT2D eigenvalue weighted by molar-refractivity contribution is -0.323. The van der Waals surface area contributed by atoms with Crippen LogP contribution in [0.15, 0.2) is 12.2 Å². The summed E-state index contributed by atoms with van der Waals surface area (Å²) in [5.41, 5.74) is 0. The van der Waals surface area contributed by atoms with Gasteiger partial charge in [0.1, 0.15) is 0 Å². The van der Waals surface area contributed by atoms with Crippen LogP contribution in [0.3, 0.4) is 0 Å². The normalized spacial score (nSPS) is 13.5. The highest BCUT2D eigenvalue weighted by molar-refractivity contribution is 5.08. The van der Waals surface area contributed by atoms with Gasteiger partial charge in [0.2, 0.25) is 0 Å². The third-order valence-electron chi connectivity index (χ3n) is 0.807. The largest absolute Gasteiger partial charge is 0.447 e. The minimum Gasteiger partial charge on any atom is -0.355 e. The van der Waals surface area contributed by atoms with Crippen LogP contribution >= 0.6 is 0 Å². The number of hydrogen-bond donors (Lipinski definition) is 2. The molecule has 0 aromatic carbocycles. The summed E-state index contributed by atoms with van der Waals surface area (Å²) in [6, 6.07) is 1.20. The summed E-state index contributed by atoms with van der Waals surface area (Å²) in [5.74, 6) is -3.91. The Hall–Kier alpha value is -1.06. The van der Waals surface area contributed by atoms with Crippen molar-refractivity contribution in [1.82, 2.24) is 0 Å². The second-order valence-corrected chi connectivity index (χ2v) is 1.69. The molecule has 0 aromatic rings. The Labute approximate surface area is 60.0 Å². The number of hydrogen-bond acceptors (Lipinski definition) is 3. The molecule has 0 aliphatic carbocycles. The Bertz CT molecular complexity index is 201. The van der Waals surface area contributed by atoms with Gasteiger partial charge in [-0.25, -0.2) is 0 Å². The first-order chi connectivity index (χ1) is 4.81. The van der Waals surface area contributed by atoms with Crippen LogP contribution in [0, 0.1) is 11.3 Å². The molecular formula is C5H4F3NO2. The number of aliphatic hydroxyl groups is 2. The lowest BCUT2D eigenvalue weighted by Gasteiger charge is -2.19. The molecule has 0 aromatic heterocycles. The molecule has 11 heavy (non-hydrogen) atoms. The number of alkyl halides is 3. The van der Waals surface area contributed by atoms with Gasteiger partial charge in [0.25, 0.3) is 5.79 Å². The first-order valence-electron chi connectivity index (χ1n) is 2.40. The molecule has 6 heteroatoms. The van der Waals surface area contributed by atoms with E-state index in [1.807, 2.05) is 0 Å². The van der Waals surface area contributed by atoms with Crippen molar-refractivity contribution >= 4 is 0 Å². The molecule has 0 atom stereocenters. The Morgan fingerprint density at radius 3 is 2.00 bits per heavy atom. The topological polar surface area (TPSA) is 64.2 Å². The molecule has 0 saturated heterocycles. The summed E-state index contributed by atoms with van der Waals surface area (Å²) in [7, 11) is 0. The van der Waals surface area contributed by atoms with E-state index >= 15 is 0 Å². The van der Waals surface area contributed by atoms with Crippen LogP contribution in [0.4, 0.5) is 13.2 Å². The quantitative estimate of drug-likeness (QED) is 0.436. The Morgan fingerprint density at radius 1 is 1.27 bits per heavy atom. The molecule has 62 valence electrons. The van der Waals surface area contributed by atoms with Gasteiger partial charge in [-0.05, 0) is 6.08 Å². The molecule has 2 N–H and O–H groups in total. The monoisotopic (exact) mass is 167 g/mol. The van der Waals surface area contributed by atoms with Crippen molar-refractivity contribution < 1.29 is 23.4 Å². The molecular weight excluding hydrogens is 163 g/mol. The van der Waals surface area contributed by atoms with Crippen molar-refractivity contribution in [3.63, 3.8) is 0 Å². The van der Waals surface area contributed by atoms with Crippen molar-refractivity contribution in [3.05, 3.63) is 12.2 Å². The predicted octanol–water partition coefficient (Wildman–Crippen LogP) is 0.309. The lowest BCUT2D eigenvalue weighted by atomic mass is 10.2. The standard InChI is InChI=1S/C5H4F3NO2/c6-5(7,8)4(10,11)2-1-3-9/h1-2,10-11H/b2-1+. The van der Waals surface area contributed by atoms with E-state index in [0.29, 0.717) is 6.08 Å². The Balaban J connectivity index is 4.50. The Morgan fingerprint density at radius 2 is 1.73 bits per heavy atom. The van der Waals surface area contributed by atoms with Gasteiger partial charge in [0, 0.05) is 6.08 Å². The SMILES string of the molecule is N#C/C=C/C(O)(O)C(F)(F)F. The van der Waals surface area contributed by atoms with Gasteiger partial charge in [-0.15, -0.1) is 0 Å². The zero-order valence-corrected chi connectivity index (χ0v) is 5.13. The highest BCUT2D eigenvalue weighted by Crippen LogP contribution is 2.28. The summed E-state index contributed by atoms with van der Waals surface area (Å²) < 4.78 is 34.5. The third-order valence-corrected chi connectivity index (χ3v) is 0.807. The van der Waals surface area contributed by atoms with Crippen LogP contribution in [-0.2, 0) is 0 Å². The summed E-state index contributed by atoms with van der Waals surface area (Å²) in [4.78, 5) is 0. The van der Waals surface area contributed by atoms with E-state index < -0.39 is 12.0 Å². The van der Waals surface area contributed by atoms with Gasteiger partial charge < -0.3 is 10.2 Å². The maximum atomic E-state index is 11.5. The van der Waals surface area contributed by atoms with Crippen LogP contribution in [0.1, 0.15) is 0 Å². The smallest absolute Gasteiger partial charge is 0.355 e. The van der Waals surface area contributed by atoms with Crippen molar-refractivity contribution in [1.29, 1.82) is 5.26 Å². The number of allylic oxidation sites excluding steroid dienone is 1. The van der Waals surface area contributed by atoms with Crippen molar-refractivity contribution in [2.45, 2.75) is 12.0 Å². The fourth-order valence-electron chi connectivity index (χ4n) is 0.248. The molecule has 0 heterocycles. The van der Waals surface area contributed by atoms with Crippen LogP contribution in [0.25, 0.3) is 0 Å². The van der Waals surface area contributed by atoms with Gasteiger partial charge in [0.15, 0.2) is 0 Å². The average molecular weight is 167 g/mol. The molecule has 0 spiro atoms. The summed E-state index contributed by atoms with van der Waals surface area (Å²) >= 11 is 0. The molecule has 3 nitrogen and oxygen atoms in total. The second kappa shape index (κ2) is 2.90. The fraction of sp³-hybridized carbons (Fsp3) is 0.400. The van der Waals surface area contributed by atoms with Crippen LogP contribution < -0.4 is 0 Å². The highest BCUT2D eigenvalue weighted by atomic mass is 19.4. The molecule has 0 bridgehead atoms. The molecule has 0 aliphatic heterocycles. The van der Waals surface area contributed by atoms with E-state index in [0.717, 1.165) is 0 Å². The van der Waals surface area contributed by atoms with E-state index in [1.165, 1.54) is 6.07 Å². The molecule has 0 unspecified atom stereocenters.